The lowest BCUT2D eigenvalue weighted by Gasteiger charge is -2.57. The second kappa shape index (κ2) is 7.12. The van der Waals surface area contributed by atoms with E-state index < -0.39 is 0 Å². The minimum absolute atomic E-state index is 0.291. The van der Waals surface area contributed by atoms with E-state index in [1.807, 2.05) is 0 Å². The summed E-state index contributed by atoms with van der Waals surface area (Å²) in [4.78, 5) is 0. The average Bonchev–Trinajstić information content (AvgIpc) is 2.77. The van der Waals surface area contributed by atoms with Crippen molar-refractivity contribution in [3.8, 4) is 11.5 Å². The normalized spacial score (nSPS) is 30.7. The molecule has 31 heavy (non-hydrogen) atoms. The van der Waals surface area contributed by atoms with E-state index in [0.717, 1.165) is 34.8 Å². The van der Waals surface area contributed by atoms with Crippen molar-refractivity contribution in [3.63, 3.8) is 0 Å². The number of fused-ring (bicyclic) bond motifs is 1. The molecular formula is C28H34NO2+. The van der Waals surface area contributed by atoms with Crippen LogP contribution >= 0.6 is 0 Å². The Kier molecular flexibility index (Phi) is 4.45. The molecule has 2 aromatic rings. The second-order valence-corrected chi connectivity index (χ2v) is 10.9. The highest BCUT2D eigenvalue weighted by molar-refractivity contribution is 5.84. The van der Waals surface area contributed by atoms with E-state index in [9.17, 15) is 0 Å². The van der Waals surface area contributed by atoms with E-state index in [-0.39, 0.29) is 0 Å². The smallest absolute Gasteiger partial charge is 0.292 e. The summed E-state index contributed by atoms with van der Waals surface area (Å²) >= 11 is 0. The first-order chi connectivity index (χ1) is 15.0. The summed E-state index contributed by atoms with van der Waals surface area (Å²) in [6.07, 6.45) is 10.7. The van der Waals surface area contributed by atoms with Crippen LogP contribution in [-0.2, 0) is 5.41 Å². The SMILES string of the molecule is COc1cc2c(c(C34CC5CC(CC(C5)C3)C4)c1)OC[N+](c1ccccc1C(C)C)=C2. The molecule has 1 aliphatic heterocycles. The molecule has 5 aliphatic rings. The lowest BCUT2D eigenvalue weighted by Crippen LogP contribution is -2.48. The maximum absolute atomic E-state index is 6.58. The van der Waals surface area contributed by atoms with Gasteiger partial charge < -0.3 is 9.47 Å². The van der Waals surface area contributed by atoms with Crippen LogP contribution in [0.25, 0.3) is 0 Å². The van der Waals surface area contributed by atoms with Gasteiger partial charge in [-0.15, -0.1) is 0 Å². The van der Waals surface area contributed by atoms with E-state index in [4.69, 9.17) is 9.47 Å². The van der Waals surface area contributed by atoms with Crippen molar-refractivity contribution in [2.24, 2.45) is 17.8 Å². The first-order valence-electron chi connectivity index (χ1n) is 12.1. The van der Waals surface area contributed by atoms with Crippen LogP contribution in [-0.4, -0.2) is 24.6 Å². The Morgan fingerprint density at radius 1 is 1.00 bits per heavy atom. The van der Waals surface area contributed by atoms with Gasteiger partial charge >= 0.3 is 0 Å². The fourth-order valence-corrected chi connectivity index (χ4v) is 7.55. The van der Waals surface area contributed by atoms with Crippen LogP contribution in [0.15, 0.2) is 36.4 Å². The van der Waals surface area contributed by atoms with Crippen molar-refractivity contribution in [1.82, 2.24) is 0 Å². The number of methoxy groups -OCH3 is 1. The van der Waals surface area contributed by atoms with Crippen molar-refractivity contribution in [2.45, 2.75) is 63.7 Å². The monoisotopic (exact) mass is 416 g/mol. The lowest BCUT2D eigenvalue weighted by atomic mass is 9.48. The molecule has 4 aliphatic carbocycles. The number of para-hydroxylation sites is 1. The van der Waals surface area contributed by atoms with Crippen LogP contribution in [0.4, 0.5) is 5.69 Å². The van der Waals surface area contributed by atoms with Gasteiger partial charge in [-0.2, -0.15) is 4.58 Å². The van der Waals surface area contributed by atoms with Crippen LogP contribution in [0.5, 0.6) is 11.5 Å². The molecule has 0 atom stereocenters. The molecule has 0 saturated heterocycles. The number of ether oxygens (including phenoxy) is 2. The molecule has 7 rings (SSSR count). The maximum atomic E-state index is 6.58. The minimum atomic E-state index is 0.291. The van der Waals surface area contributed by atoms with Gasteiger partial charge in [0.2, 0.25) is 5.69 Å². The Morgan fingerprint density at radius 3 is 2.32 bits per heavy atom. The van der Waals surface area contributed by atoms with Crippen LogP contribution in [0, 0.1) is 17.8 Å². The highest BCUT2D eigenvalue weighted by atomic mass is 16.5. The number of hydrogen-bond acceptors (Lipinski definition) is 2. The number of benzene rings is 2. The van der Waals surface area contributed by atoms with Gasteiger partial charge in [0, 0.05) is 17.2 Å². The third-order valence-electron chi connectivity index (χ3n) is 8.45. The quantitative estimate of drug-likeness (QED) is 0.538. The molecule has 0 spiro atoms. The molecule has 0 aromatic heterocycles. The summed E-state index contributed by atoms with van der Waals surface area (Å²) < 4.78 is 14.6. The second-order valence-electron chi connectivity index (χ2n) is 10.9. The lowest BCUT2D eigenvalue weighted by molar-refractivity contribution is -0.476. The standard InChI is InChI=1S/C28H34NO2/c1-18(2)24-6-4-5-7-26(24)29-16-22-11-23(30-3)12-25(27(22)31-17-29)28-13-19-8-20(14-28)10-21(9-19)15-28/h4-7,11-12,16,18-21H,8-10,13-15,17H2,1-3H3/q+1. The van der Waals surface area contributed by atoms with Crippen molar-refractivity contribution >= 4 is 11.9 Å². The Bertz CT molecular complexity index is 1020. The van der Waals surface area contributed by atoms with Gasteiger partial charge in [0.1, 0.15) is 11.5 Å². The first kappa shape index (κ1) is 19.4. The molecule has 2 aromatic carbocycles. The largest absolute Gasteiger partial charge is 0.497 e. The zero-order valence-corrected chi connectivity index (χ0v) is 19.1. The highest BCUT2D eigenvalue weighted by Gasteiger charge is 2.53. The van der Waals surface area contributed by atoms with Gasteiger partial charge in [-0.05, 0) is 79.7 Å². The number of rotatable bonds is 4. The van der Waals surface area contributed by atoms with Gasteiger partial charge in [0.25, 0.3) is 6.73 Å². The van der Waals surface area contributed by atoms with Crippen molar-refractivity contribution in [3.05, 3.63) is 53.1 Å². The summed E-state index contributed by atoms with van der Waals surface area (Å²) in [5, 5.41) is 0. The summed E-state index contributed by atoms with van der Waals surface area (Å²) in [5.74, 6) is 5.28. The summed E-state index contributed by atoms with van der Waals surface area (Å²) in [6.45, 7) is 5.08. The number of hydrogen-bond donors (Lipinski definition) is 0. The van der Waals surface area contributed by atoms with Crippen LogP contribution in [0.3, 0.4) is 0 Å². The van der Waals surface area contributed by atoms with Gasteiger partial charge in [-0.1, -0.05) is 32.0 Å². The molecule has 0 unspecified atom stereocenters. The molecule has 0 amide bonds. The topological polar surface area (TPSA) is 21.5 Å². The molecule has 4 bridgehead atoms. The van der Waals surface area contributed by atoms with E-state index in [2.05, 4.69) is 61.0 Å². The Hall–Kier alpha value is -2.29. The predicted molar refractivity (Wildman–Crippen MR) is 124 cm³/mol. The minimum Gasteiger partial charge on any atom is -0.497 e. The molecule has 0 radical (unpaired) electrons. The molecular weight excluding hydrogens is 382 g/mol. The fraction of sp³-hybridized carbons (Fsp3) is 0.536. The molecule has 162 valence electrons. The van der Waals surface area contributed by atoms with Crippen molar-refractivity contribution < 1.29 is 14.0 Å². The third kappa shape index (κ3) is 3.11. The van der Waals surface area contributed by atoms with Gasteiger partial charge in [-0.25, -0.2) is 0 Å². The Balaban J connectivity index is 1.47. The molecule has 3 heteroatoms. The molecule has 3 nitrogen and oxygen atoms in total. The predicted octanol–water partition coefficient (Wildman–Crippen LogP) is 6.40. The Labute approximate surface area is 186 Å². The molecule has 4 fully saturated rings. The van der Waals surface area contributed by atoms with Crippen molar-refractivity contribution in [2.75, 3.05) is 13.8 Å². The zero-order chi connectivity index (χ0) is 21.2. The van der Waals surface area contributed by atoms with Gasteiger partial charge in [0.15, 0.2) is 6.21 Å². The highest BCUT2D eigenvalue weighted by Crippen LogP contribution is 2.62. The third-order valence-corrected chi connectivity index (χ3v) is 8.45. The van der Waals surface area contributed by atoms with E-state index in [1.165, 1.54) is 55.3 Å². The van der Waals surface area contributed by atoms with E-state index in [1.54, 1.807) is 7.11 Å². The van der Waals surface area contributed by atoms with E-state index in [0.29, 0.717) is 18.1 Å². The van der Waals surface area contributed by atoms with Crippen molar-refractivity contribution in [1.29, 1.82) is 0 Å². The van der Waals surface area contributed by atoms with Crippen LogP contribution in [0.1, 0.15) is 75.0 Å². The molecule has 1 heterocycles. The van der Waals surface area contributed by atoms with E-state index >= 15 is 0 Å². The molecule has 4 saturated carbocycles. The van der Waals surface area contributed by atoms with Gasteiger partial charge in [-0.3, -0.25) is 0 Å². The van der Waals surface area contributed by atoms with Crippen LogP contribution in [0.2, 0.25) is 0 Å². The maximum Gasteiger partial charge on any atom is 0.292 e. The first-order valence-corrected chi connectivity index (χ1v) is 12.1. The fourth-order valence-electron chi connectivity index (χ4n) is 7.55. The summed E-state index contributed by atoms with van der Waals surface area (Å²) in [5.41, 5.74) is 5.47. The number of nitrogens with zero attached hydrogens (tertiary/aromatic N) is 1. The molecule has 0 N–H and O–H groups in total. The average molecular weight is 417 g/mol. The van der Waals surface area contributed by atoms with Crippen LogP contribution < -0.4 is 9.47 Å². The van der Waals surface area contributed by atoms with Gasteiger partial charge in [0.05, 0.1) is 12.7 Å². The summed E-state index contributed by atoms with van der Waals surface area (Å²) in [7, 11) is 1.79. The Morgan fingerprint density at radius 2 is 1.68 bits per heavy atom. The summed E-state index contributed by atoms with van der Waals surface area (Å²) in [6, 6.07) is 13.2. The zero-order valence-electron chi connectivity index (χ0n) is 19.1.